The van der Waals surface area contributed by atoms with Crippen molar-refractivity contribution < 1.29 is 10.0 Å². The summed E-state index contributed by atoms with van der Waals surface area (Å²) in [5.74, 6) is 3.57. The lowest BCUT2D eigenvalue weighted by Gasteiger charge is -2.39. The molecule has 3 saturated carbocycles. The maximum Gasteiger partial charge on any atom is 0.454 e. The number of rotatable bonds is 1. The largest absolute Gasteiger partial charge is 0.454 e. The Morgan fingerprint density at radius 3 is 2.28 bits per heavy atom. The zero-order valence-electron chi connectivity index (χ0n) is 11.8. The van der Waals surface area contributed by atoms with Gasteiger partial charge in [-0.1, -0.05) is 39.5 Å². The van der Waals surface area contributed by atoms with Gasteiger partial charge < -0.3 is 10.0 Å². The SMILES string of the molecule is CC1(C)C2CCCCC2C2CCC(B(O)O)CC21. The predicted octanol–water partition coefficient (Wildman–Crippen LogP) is 3.09. The van der Waals surface area contributed by atoms with Crippen LogP contribution < -0.4 is 0 Å². The van der Waals surface area contributed by atoms with E-state index in [-0.39, 0.29) is 5.82 Å². The van der Waals surface area contributed by atoms with Gasteiger partial charge in [-0.15, -0.1) is 0 Å². The molecule has 5 unspecified atom stereocenters. The zero-order chi connectivity index (χ0) is 12.9. The quantitative estimate of drug-likeness (QED) is 0.702. The van der Waals surface area contributed by atoms with E-state index in [1.54, 1.807) is 0 Å². The van der Waals surface area contributed by atoms with Crippen molar-refractivity contribution in [1.82, 2.24) is 0 Å². The Labute approximate surface area is 111 Å². The summed E-state index contributed by atoms with van der Waals surface area (Å²) in [6, 6.07) is 0. The molecule has 5 atom stereocenters. The molecule has 3 aliphatic carbocycles. The molecule has 0 aromatic heterocycles. The molecule has 0 aromatic rings. The molecule has 0 bridgehead atoms. The Kier molecular flexibility index (Phi) is 3.26. The lowest BCUT2D eigenvalue weighted by Crippen LogP contribution is -2.34. The topological polar surface area (TPSA) is 40.5 Å². The van der Waals surface area contributed by atoms with Crippen molar-refractivity contribution in [2.24, 2.45) is 29.1 Å². The Bertz CT molecular complexity index is 316. The van der Waals surface area contributed by atoms with Crippen LogP contribution in [0, 0.1) is 29.1 Å². The Balaban J connectivity index is 1.83. The van der Waals surface area contributed by atoms with Gasteiger partial charge in [0.25, 0.3) is 0 Å². The van der Waals surface area contributed by atoms with Crippen LogP contribution in [0.4, 0.5) is 0 Å². The summed E-state index contributed by atoms with van der Waals surface area (Å²) in [6.45, 7) is 4.90. The highest BCUT2D eigenvalue weighted by molar-refractivity contribution is 6.43. The first kappa shape index (κ1) is 13.0. The molecule has 3 aliphatic rings. The molecule has 3 rings (SSSR count). The second-order valence-electron chi connectivity index (χ2n) is 7.63. The Morgan fingerprint density at radius 1 is 0.889 bits per heavy atom. The number of fused-ring (bicyclic) bond motifs is 3. The first-order valence-electron chi connectivity index (χ1n) is 7.88. The fourth-order valence-corrected chi connectivity index (χ4v) is 5.74. The van der Waals surface area contributed by atoms with E-state index >= 15 is 0 Å². The first-order valence-corrected chi connectivity index (χ1v) is 7.88. The first-order chi connectivity index (χ1) is 8.51. The van der Waals surface area contributed by atoms with E-state index in [4.69, 9.17) is 0 Å². The lowest BCUT2D eigenvalue weighted by molar-refractivity contribution is 0.120. The molecule has 0 amide bonds. The van der Waals surface area contributed by atoms with E-state index in [1.807, 2.05) is 0 Å². The van der Waals surface area contributed by atoms with Crippen LogP contribution in [0.3, 0.4) is 0 Å². The van der Waals surface area contributed by atoms with Crippen molar-refractivity contribution in [2.45, 2.75) is 64.6 Å². The van der Waals surface area contributed by atoms with E-state index in [0.29, 0.717) is 5.41 Å². The van der Waals surface area contributed by atoms with Crippen molar-refractivity contribution in [3.05, 3.63) is 0 Å². The predicted molar refractivity (Wildman–Crippen MR) is 74.0 cm³/mol. The molecular formula is C15H27BO2. The van der Waals surface area contributed by atoms with E-state index in [2.05, 4.69) is 13.8 Å². The van der Waals surface area contributed by atoms with Gasteiger partial charge in [0.1, 0.15) is 0 Å². The van der Waals surface area contributed by atoms with Crippen LogP contribution >= 0.6 is 0 Å². The van der Waals surface area contributed by atoms with E-state index in [1.165, 1.54) is 32.1 Å². The molecule has 0 spiro atoms. The molecule has 0 heterocycles. The van der Waals surface area contributed by atoms with Crippen molar-refractivity contribution >= 4 is 7.12 Å². The van der Waals surface area contributed by atoms with Crippen molar-refractivity contribution in [1.29, 1.82) is 0 Å². The molecule has 0 radical (unpaired) electrons. The third-order valence-electron chi connectivity index (χ3n) is 6.65. The van der Waals surface area contributed by atoms with Crippen molar-refractivity contribution in [2.75, 3.05) is 0 Å². The van der Waals surface area contributed by atoms with Crippen LogP contribution in [0.5, 0.6) is 0 Å². The highest BCUT2D eigenvalue weighted by Crippen LogP contribution is 2.64. The molecule has 2 N–H and O–H groups in total. The fourth-order valence-electron chi connectivity index (χ4n) is 5.74. The molecule has 0 aliphatic heterocycles. The zero-order valence-corrected chi connectivity index (χ0v) is 11.8. The van der Waals surface area contributed by atoms with Gasteiger partial charge in [0.05, 0.1) is 0 Å². The van der Waals surface area contributed by atoms with Gasteiger partial charge in [-0.3, -0.25) is 0 Å². The third-order valence-corrected chi connectivity index (χ3v) is 6.65. The summed E-state index contributed by atoms with van der Waals surface area (Å²) in [5.41, 5.74) is 0.420. The van der Waals surface area contributed by atoms with Crippen molar-refractivity contribution in [3.63, 3.8) is 0 Å². The molecule has 102 valence electrons. The standard InChI is InChI=1S/C15H27BO2/c1-15(2)13-6-4-3-5-11(13)12-8-7-10(16(17)18)9-14(12)15/h10-14,17-18H,3-9H2,1-2H3. The van der Waals surface area contributed by atoms with Gasteiger partial charge in [0.2, 0.25) is 0 Å². The summed E-state index contributed by atoms with van der Waals surface area (Å²) in [7, 11) is -1.09. The molecule has 2 nitrogen and oxygen atoms in total. The number of hydrogen-bond donors (Lipinski definition) is 2. The van der Waals surface area contributed by atoms with Crippen LogP contribution in [0.2, 0.25) is 5.82 Å². The molecular weight excluding hydrogens is 223 g/mol. The maximum atomic E-state index is 9.48. The van der Waals surface area contributed by atoms with E-state index in [0.717, 1.165) is 36.5 Å². The van der Waals surface area contributed by atoms with Gasteiger partial charge in [-0.25, -0.2) is 0 Å². The van der Waals surface area contributed by atoms with Gasteiger partial charge >= 0.3 is 7.12 Å². The smallest absolute Gasteiger partial charge is 0.427 e. The second kappa shape index (κ2) is 4.52. The summed E-state index contributed by atoms with van der Waals surface area (Å²) >= 11 is 0. The Hall–Kier alpha value is -0.0151. The van der Waals surface area contributed by atoms with Gasteiger partial charge in [0.15, 0.2) is 0 Å². The molecule has 0 saturated heterocycles. The highest BCUT2D eigenvalue weighted by Gasteiger charge is 2.57. The molecule has 18 heavy (non-hydrogen) atoms. The van der Waals surface area contributed by atoms with Crippen LogP contribution in [-0.4, -0.2) is 17.2 Å². The minimum atomic E-state index is -1.09. The van der Waals surface area contributed by atoms with Gasteiger partial charge in [-0.05, 0) is 54.2 Å². The summed E-state index contributed by atoms with van der Waals surface area (Å²) in [4.78, 5) is 0. The Morgan fingerprint density at radius 2 is 1.56 bits per heavy atom. The molecule has 0 aromatic carbocycles. The third kappa shape index (κ3) is 1.86. The fraction of sp³-hybridized carbons (Fsp3) is 1.00. The van der Waals surface area contributed by atoms with Crippen LogP contribution in [0.25, 0.3) is 0 Å². The average molecular weight is 250 g/mol. The minimum absolute atomic E-state index is 0.130. The molecule has 3 fully saturated rings. The van der Waals surface area contributed by atoms with Gasteiger partial charge in [0, 0.05) is 0 Å². The summed E-state index contributed by atoms with van der Waals surface area (Å²) in [6.07, 6.45) is 8.99. The van der Waals surface area contributed by atoms with Crippen molar-refractivity contribution in [3.8, 4) is 0 Å². The monoisotopic (exact) mass is 250 g/mol. The minimum Gasteiger partial charge on any atom is -0.427 e. The van der Waals surface area contributed by atoms with Crippen LogP contribution in [-0.2, 0) is 0 Å². The van der Waals surface area contributed by atoms with Crippen LogP contribution in [0.1, 0.15) is 58.8 Å². The molecule has 3 heteroatoms. The van der Waals surface area contributed by atoms with Crippen LogP contribution in [0.15, 0.2) is 0 Å². The highest BCUT2D eigenvalue weighted by atomic mass is 16.4. The van der Waals surface area contributed by atoms with E-state index < -0.39 is 7.12 Å². The second-order valence-corrected chi connectivity index (χ2v) is 7.63. The maximum absolute atomic E-state index is 9.48. The lowest BCUT2D eigenvalue weighted by atomic mass is 9.57. The normalized spacial score (nSPS) is 46.3. The number of hydrogen-bond acceptors (Lipinski definition) is 2. The summed E-state index contributed by atoms with van der Waals surface area (Å²) in [5, 5.41) is 19.0. The van der Waals surface area contributed by atoms with Gasteiger partial charge in [-0.2, -0.15) is 0 Å². The van der Waals surface area contributed by atoms with E-state index in [9.17, 15) is 10.0 Å². The average Bonchev–Trinajstić information content (AvgIpc) is 2.59. The summed E-state index contributed by atoms with van der Waals surface area (Å²) < 4.78 is 0.